The van der Waals surface area contributed by atoms with Crippen molar-refractivity contribution >= 4 is 11.7 Å². The lowest BCUT2D eigenvalue weighted by atomic mass is 9.86. The fourth-order valence-corrected chi connectivity index (χ4v) is 3.88. The Morgan fingerprint density at radius 2 is 1.71 bits per heavy atom. The van der Waals surface area contributed by atoms with Crippen molar-refractivity contribution in [2.24, 2.45) is 5.92 Å². The van der Waals surface area contributed by atoms with Crippen LogP contribution in [0.4, 0.5) is 0 Å². The maximum atomic E-state index is 13.1. The zero-order chi connectivity index (χ0) is 16.8. The van der Waals surface area contributed by atoms with Crippen LogP contribution in [0.1, 0.15) is 67.5 Å². The molecule has 6 heteroatoms. The van der Waals surface area contributed by atoms with Crippen molar-refractivity contribution < 1.29 is 4.79 Å². The third kappa shape index (κ3) is 2.78. The number of amides is 1. The van der Waals surface area contributed by atoms with Crippen LogP contribution in [0.3, 0.4) is 0 Å². The second-order valence-electron chi connectivity index (χ2n) is 7.54. The molecule has 4 rings (SSSR count). The molecule has 0 spiro atoms. The largest absolute Gasteiger partial charge is 0.330 e. The van der Waals surface area contributed by atoms with E-state index in [1.165, 1.54) is 12.8 Å². The monoisotopic (exact) mass is 327 g/mol. The summed E-state index contributed by atoms with van der Waals surface area (Å²) >= 11 is 0. The minimum atomic E-state index is -0.0143. The van der Waals surface area contributed by atoms with Crippen molar-refractivity contribution in [1.82, 2.24) is 24.5 Å². The van der Waals surface area contributed by atoms with Gasteiger partial charge in [-0.05, 0) is 64.4 Å². The predicted octanol–water partition coefficient (Wildman–Crippen LogP) is 2.92. The van der Waals surface area contributed by atoms with Crippen molar-refractivity contribution in [1.29, 1.82) is 0 Å². The van der Waals surface area contributed by atoms with Gasteiger partial charge in [0.2, 0.25) is 5.82 Å². The van der Waals surface area contributed by atoms with E-state index in [4.69, 9.17) is 0 Å². The number of rotatable bonds is 3. The second kappa shape index (κ2) is 5.83. The molecular weight excluding hydrogens is 302 g/mol. The SMILES string of the molecule is Cc1cc(C)n2nc(C(=O)N(C3CCC(C)CC3)C3CC3)nc2n1. The summed E-state index contributed by atoms with van der Waals surface area (Å²) in [7, 11) is 0. The van der Waals surface area contributed by atoms with Crippen molar-refractivity contribution in [2.45, 2.75) is 71.4 Å². The van der Waals surface area contributed by atoms with Crippen LogP contribution in [0.15, 0.2) is 6.07 Å². The number of carbonyl (C=O) groups is 1. The van der Waals surface area contributed by atoms with Crippen molar-refractivity contribution in [3.63, 3.8) is 0 Å². The molecule has 24 heavy (non-hydrogen) atoms. The summed E-state index contributed by atoms with van der Waals surface area (Å²) in [5.41, 5.74) is 1.85. The second-order valence-corrected chi connectivity index (χ2v) is 7.54. The number of aryl methyl sites for hydroxylation is 2. The van der Waals surface area contributed by atoms with Crippen LogP contribution < -0.4 is 0 Å². The molecule has 2 heterocycles. The highest BCUT2D eigenvalue weighted by molar-refractivity contribution is 5.91. The van der Waals surface area contributed by atoms with Gasteiger partial charge in [-0.3, -0.25) is 4.79 Å². The summed E-state index contributed by atoms with van der Waals surface area (Å²) in [6.07, 6.45) is 6.85. The first-order chi connectivity index (χ1) is 11.5. The number of hydrogen-bond acceptors (Lipinski definition) is 4. The van der Waals surface area contributed by atoms with Crippen molar-refractivity contribution in [2.75, 3.05) is 0 Å². The van der Waals surface area contributed by atoms with E-state index in [0.29, 0.717) is 23.7 Å². The van der Waals surface area contributed by atoms with E-state index >= 15 is 0 Å². The maximum Gasteiger partial charge on any atom is 0.294 e. The molecule has 0 saturated heterocycles. The molecule has 2 aromatic heterocycles. The lowest BCUT2D eigenvalue weighted by molar-refractivity contribution is 0.0581. The zero-order valence-electron chi connectivity index (χ0n) is 14.7. The molecule has 0 bridgehead atoms. The molecule has 2 saturated carbocycles. The highest BCUT2D eigenvalue weighted by Gasteiger charge is 2.40. The van der Waals surface area contributed by atoms with E-state index in [-0.39, 0.29) is 5.91 Å². The van der Waals surface area contributed by atoms with Gasteiger partial charge in [0.1, 0.15) is 0 Å². The number of nitrogens with zero attached hydrogens (tertiary/aromatic N) is 5. The zero-order valence-corrected chi connectivity index (χ0v) is 14.7. The Morgan fingerprint density at radius 3 is 2.33 bits per heavy atom. The molecule has 0 atom stereocenters. The first-order valence-corrected chi connectivity index (χ1v) is 9.06. The quantitative estimate of drug-likeness (QED) is 0.869. The average molecular weight is 327 g/mol. The summed E-state index contributed by atoms with van der Waals surface area (Å²) in [6.45, 7) is 6.20. The van der Waals surface area contributed by atoms with Gasteiger partial charge < -0.3 is 4.90 Å². The first-order valence-electron chi connectivity index (χ1n) is 9.06. The van der Waals surface area contributed by atoms with Crippen LogP contribution in [-0.2, 0) is 0 Å². The standard InChI is InChI=1S/C18H25N5O/c1-11-4-6-14(7-5-11)22(15-8-9-15)17(24)16-20-18-19-12(2)10-13(3)23(18)21-16/h10-11,14-15H,4-9H2,1-3H3. The molecule has 0 N–H and O–H groups in total. The maximum absolute atomic E-state index is 13.1. The minimum Gasteiger partial charge on any atom is -0.330 e. The summed E-state index contributed by atoms with van der Waals surface area (Å²) in [5.74, 6) is 1.57. The molecular formula is C18H25N5O. The smallest absolute Gasteiger partial charge is 0.294 e. The van der Waals surface area contributed by atoms with Crippen LogP contribution in [0.2, 0.25) is 0 Å². The van der Waals surface area contributed by atoms with Gasteiger partial charge in [0, 0.05) is 23.5 Å². The van der Waals surface area contributed by atoms with Gasteiger partial charge in [-0.15, -0.1) is 5.10 Å². The van der Waals surface area contributed by atoms with Gasteiger partial charge in [0.05, 0.1) is 0 Å². The van der Waals surface area contributed by atoms with Crippen LogP contribution in [0.25, 0.3) is 5.78 Å². The molecule has 1 amide bonds. The topological polar surface area (TPSA) is 63.4 Å². The lowest BCUT2D eigenvalue weighted by Gasteiger charge is -2.35. The molecule has 2 fully saturated rings. The third-order valence-electron chi connectivity index (χ3n) is 5.36. The summed E-state index contributed by atoms with van der Waals surface area (Å²) in [6, 6.07) is 2.69. The number of fused-ring (bicyclic) bond motifs is 1. The van der Waals surface area contributed by atoms with Gasteiger partial charge in [-0.1, -0.05) is 6.92 Å². The summed E-state index contributed by atoms with van der Waals surface area (Å²) in [5, 5.41) is 4.45. The Bertz CT molecular complexity index is 771. The molecule has 0 aromatic carbocycles. The molecule has 2 aliphatic carbocycles. The van der Waals surface area contributed by atoms with E-state index < -0.39 is 0 Å². The van der Waals surface area contributed by atoms with E-state index in [1.54, 1.807) is 4.52 Å². The number of aromatic nitrogens is 4. The van der Waals surface area contributed by atoms with Gasteiger partial charge in [-0.2, -0.15) is 4.98 Å². The normalized spacial score (nSPS) is 24.3. The van der Waals surface area contributed by atoms with Gasteiger partial charge in [-0.25, -0.2) is 9.50 Å². The van der Waals surface area contributed by atoms with E-state index in [9.17, 15) is 4.79 Å². The molecule has 0 aliphatic heterocycles. The van der Waals surface area contributed by atoms with Crippen LogP contribution in [-0.4, -0.2) is 42.5 Å². The molecule has 0 radical (unpaired) electrons. The van der Waals surface area contributed by atoms with Crippen LogP contribution in [0, 0.1) is 19.8 Å². The predicted molar refractivity (Wildman–Crippen MR) is 90.9 cm³/mol. The average Bonchev–Trinajstić information content (AvgIpc) is 3.27. The Hall–Kier alpha value is -1.98. The van der Waals surface area contributed by atoms with E-state index in [2.05, 4.69) is 26.9 Å². The highest BCUT2D eigenvalue weighted by Crippen LogP contribution is 2.36. The molecule has 128 valence electrons. The van der Waals surface area contributed by atoms with Gasteiger partial charge in [0.25, 0.3) is 11.7 Å². The van der Waals surface area contributed by atoms with Crippen molar-refractivity contribution in [3.8, 4) is 0 Å². The Kier molecular flexibility index (Phi) is 3.77. The van der Waals surface area contributed by atoms with Crippen molar-refractivity contribution in [3.05, 3.63) is 23.3 Å². The van der Waals surface area contributed by atoms with E-state index in [0.717, 1.165) is 43.0 Å². The number of carbonyl (C=O) groups excluding carboxylic acids is 1. The van der Waals surface area contributed by atoms with Crippen LogP contribution >= 0.6 is 0 Å². The Labute approximate surface area is 142 Å². The molecule has 2 aliphatic rings. The highest BCUT2D eigenvalue weighted by atomic mass is 16.2. The van der Waals surface area contributed by atoms with Crippen LogP contribution in [0.5, 0.6) is 0 Å². The lowest BCUT2D eigenvalue weighted by Crippen LogP contribution is -2.44. The fourth-order valence-electron chi connectivity index (χ4n) is 3.88. The van der Waals surface area contributed by atoms with E-state index in [1.807, 2.05) is 19.9 Å². The summed E-state index contributed by atoms with van der Waals surface area (Å²) < 4.78 is 1.67. The van der Waals surface area contributed by atoms with Gasteiger partial charge in [0.15, 0.2) is 0 Å². The third-order valence-corrected chi connectivity index (χ3v) is 5.36. The summed E-state index contributed by atoms with van der Waals surface area (Å²) in [4.78, 5) is 24.0. The Balaban J connectivity index is 1.64. The minimum absolute atomic E-state index is 0.0143. The fraction of sp³-hybridized carbons (Fsp3) is 0.667. The first kappa shape index (κ1) is 15.5. The van der Waals surface area contributed by atoms with Gasteiger partial charge >= 0.3 is 0 Å². The number of hydrogen-bond donors (Lipinski definition) is 0. The Morgan fingerprint density at radius 1 is 1.08 bits per heavy atom. The molecule has 0 unspecified atom stereocenters. The molecule has 6 nitrogen and oxygen atoms in total. The molecule has 2 aromatic rings.